The van der Waals surface area contributed by atoms with Crippen LogP contribution in [0.1, 0.15) is 0 Å². The maximum absolute atomic E-state index is 13.0. The molecule has 0 radical (unpaired) electrons. The third-order valence-corrected chi connectivity index (χ3v) is 2.97. The van der Waals surface area contributed by atoms with E-state index in [1.807, 2.05) is 12.1 Å². The van der Waals surface area contributed by atoms with E-state index in [-0.39, 0.29) is 5.82 Å². The van der Waals surface area contributed by atoms with E-state index in [1.54, 1.807) is 29.1 Å². The van der Waals surface area contributed by atoms with Crippen molar-refractivity contribution in [3.8, 4) is 17.1 Å². The van der Waals surface area contributed by atoms with E-state index >= 15 is 0 Å². The number of benzene rings is 1. The number of hydrogen-bond acceptors (Lipinski definition) is 3. The van der Waals surface area contributed by atoms with E-state index < -0.39 is 0 Å². The first-order valence-electron chi connectivity index (χ1n) is 5.59. The lowest BCUT2D eigenvalue weighted by atomic mass is 10.2. The lowest BCUT2D eigenvalue weighted by Gasteiger charge is -2.06. The lowest BCUT2D eigenvalue weighted by molar-refractivity contribution is 0.627. The zero-order valence-corrected chi connectivity index (χ0v) is 10.6. The molecule has 3 rings (SSSR count). The van der Waals surface area contributed by atoms with Gasteiger partial charge in [0.2, 0.25) is 0 Å². The maximum Gasteiger partial charge on any atom is 0.200 e. The van der Waals surface area contributed by atoms with E-state index in [2.05, 4.69) is 15.2 Å². The minimum absolute atomic E-state index is 0.288. The molecular weight excluding hydrogens is 263 g/mol. The number of nitrogens with zero attached hydrogens (tertiary/aromatic N) is 3. The number of pyridine rings is 1. The zero-order chi connectivity index (χ0) is 13.2. The van der Waals surface area contributed by atoms with Gasteiger partial charge in [0.1, 0.15) is 5.82 Å². The first-order chi connectivity index (χ1) is 9.25. The van der Waals surface area contributed by atoms with Gasteiger partial charge >= 0.3 is 0 Å². The molecule has 0 bridgehead atoms. The van der Waals surface area contributed by atoms with Crippen molar-refractivity contribution in [2.24, 2.45) is 0 Å². The van der Waals surface area contributed by atoms with Crippen LogP contribution in [0.3, 0.4) is 0 Å². The molecule has 0 aliphatic carbocycles. The molecule has 19 heavy (non-hydrogen) atoms. The molecule has 1 N–H and O–H groups in total. The second-order valence-corrected chi connectivity index (χ2v) is 4.29. The zero-order valence-electron chi connectivity index (χ0n) is 9.75. The Morgan fingerprint density at radius 1 is 1.05 bits per heavy atom. The second kappa shape index (κ2) is 4.74. The summed E-state index contributed by atoms with van der Waals surface area (Å²) < 4.78 is 15.2. The van der Waals surface area contributed by atoms with Crippen molar-refractivity contribution < 1.29 is 4.39 Å². The van der Waals surface area contributed by atoms with Crippen LogP contribution >= 0.6 is 12.2 Å². The number of halogens is 1. The van der Waals surface area contributed by atoms with Crippen LogP contribution in [0.25, 0.3) is 17.1 Å². The minimum atomic E-state index is -0.288. The van der Waals surface area contributed by atoms with E-state index in [0.29, 0.717) is 10.6 Å². The number of rotatable bonds is 2. The highest BCUT2D eigenvalue weighted by molar-refractivity contribution is 7.71. The monoisotopic (exact) mass is 272 g/mol. The van der Waals surface area contributed by atoms with Crippen molar-refractivity contribution in [1.29, 1.82) is 0 Å². The van der Waals surface area contributed by atoms with Crippen LogP contribution in [0, 0.1) is 10.6 Å². The summed E-state index contributed by atoms with van der Waals surface area (Å²) in [4.78, 5) is 3.97. The summed E-state index contributed by atoms with van der Waals surface area (Å²) in [6.07, 6.45) is 3.37. The molecule has 0 unspecified atom stereocenters. The van der Waals surface area contributed by atoms with Crippen molar-refractivity contribution in [1.82, 2.24) is 19.7 Å². The number of nitrogens with one attached hydrogen (secondary N) is 1. The molecule has 0 spiro atoms. The molecule has 2 aromatic heterocycles. The van der Waals surface area contributed by atoms with Gasteiger partial charge in [-0.05, 0) is 48.6 Å². The second-order valence-electron chi connectivity index (χ2n) is 3.90. The van der Waals surface area contributed by atoms with Crippen molar-refractivity contribution in [3.63, 3.8) is 0 Å². The van der Waals surface area contributed by atoms with Crippen LogP contribution in [0.15, 0.2) is 48.8 Å². The molecule has 0 amide bonds. The minimum Gasteiger partial charge on any atom is -0.268 e. The predicted molar refractivity (Wildman–Crippen MR) is 71.9 cm³/mol. The smallest absolute Gasteiger partial charge is 0.200 e. The number of aromatic amines is 1. The fourth-order valence-electron chi connectivity index (χ4n) is 1.82. The van der Waals surface area contributed by atoms with Gasteiger partial charge in [0.15, 0.2) is 10.6 Å². The van der Waals surface area contributed by atoms with Crippen molar-refractivity contribution >= 4 is 12.2 Å². The summed E-state index contributed by atoms with van der Waals surface area (Å²) in [6.45, 7) is 0. The van der Waals surface area contributed by atoms with Gasteiger partial charge in [0.25, 0.3) is 0 Å². The number of hydrogen-bond donors (Lipinski definition) is 1. The van der Waals surface area contributed by atoms with E-state index in [9.17, 15) is 4.39 Å². The van der Waals surface area contributed by atoms with Gasteiger partial charge in [-0.15, -0.1) is 0 Å². The summed E-state index contributed by atoms with van der Waals surface area (Å²) in [7, 11) is 0. The fourth-order valence-corrected chi connectivity index (χ4v) is 2.06. The van der Waals surface area contributed by atoms with Gasteiger partial charge in [-0.2, -0.15) is 5.10 Å². The summed E-state index contributed by atoms with van der Waals surface area (Å²) in [5.41, 5.74) is 1.64. The largest absolute Gasteiger partial charge is 0.268 e. The Bertz CT molecular complexity index is 746. The third-order valence-electron chi connectivity index (χ3n) is 2.70. The van der Waals surface area contributed by atoms with Gasteiger partial charge in [-0.25, -0.2) is 4.39 Å². The Labute approximate surface area is 113 Å². The molecule has 0 aliphatic rings. The van der Waals surface area contributed by atoms with Gasteiger partial charge in [0.05, 0.1) is 5.69 Å². The molecule has 0 atom stereocenters. The molecule has 6 heteroatoms. The molecule has 0 saturated carbocycles. The molecule has 0 aliphatic heterocycles. The molecule has 94 valence electrons. The average Bonchev–Trinajstić information content (AvgIpc) is 2.83. The summed E-state index contributed by atoms with van der Waals surface area (Å²) in [5, 5.41) is 6.96. The highest BCUT2D eigenvalue weighted by Crippen LogP contribution is 2.20. The Kier molecular flexibility index (Phi) is 2.92. The SMILES string of the molecule is Fc1ccc(-n2c(-c3ccncc3)n[nH]c2=S)cc1. The van der Waals surface area contributed by atoms with Crippen molar-refractivity contribution in [2.75, 3.05) is 0 Å². The lowest BCUT2D eigenvalue weighted by Crippen LogP contribution is -1.97. The first-order valence-corrected chi connectivity index (χ1v) is 6.00. The number of aromatic nitrogens is 4. The van der Waals surface area contributed by atoms with Gasteiger partial charge in [0, 0.05) is 18.0 Å². The topological polar surface area (TPSA) is 46.5 Å². The van der Waals surface area contributed by atoms with Gasteiger partial charge in [-0.1, -0.05) is 0 Å². The number of H-pyrrole nitrogens is 1. The molecule has 2 heterocycles. The molecule has 0 fully saturated rings. The van der Waals surface area contributed by atoms with Crippen molar-refractivity contribution in [3.05, 3.63) is 59.4 Å². The van der Waals surface area contributed by atoms with E-state index in [1.165, 1.54) is 12.1 Å². The average molecular weight is 272 g/mol. The van der Waals surface area contributed by atoms with Crippen LogP contribution in [-0.2, 0) is 0 Å². The van der Waals surface area contributed by atoms with Crippen LogP contribution in [-0.4, -0.2) is 19.7 Å². The molecule has 4 nitrogen and oxygen atoms in total. The Morgan fingerprint density at radius 2 is 1.74 bits per heavy atom. The predicted octanol–water partition coefficient (Wildman–Crippen LogP) is 3.13. The standard InChI is InChI=1S/C13H9FN4S/c14-10-1-3-11(4-2-10)18-12(16-17-13(18)19)9-5-7-15-8-6-9/h1-8H,(H,17,19). The summed E-state index contributed by atoms with van der Waals surface area (Å²) in [5.74, 6) is 0.378. The Balaban J connectivity index is 2.19. The molecule has 3 aromatic rings. The van der Waals surface area contributed by atoms with Crippen LogP contribution < -0.4 is 0 Å². The van der Waals surface area contributed by atoms with Crippen LogP contribution in [0.5, 0.6) is 0 Å². The van der Waals surface area contributed by atoms with Crippen molar-refractivity contribution in [2.45, 2.75) is 0 Å². The Morgan fingerprint density at radius 3 is 2.42 bits per heavy atom. The first kappa shape index (κ1) is 11.7. The molecular formula is C13H9FN4S. The Hall–Kier alpha value is -2.34. The summed E-state index contributed by atoms with van der Waals surface area (Å²) >= 11 is 5.22. The highest BCUT2D eigenvalue weighted by Gasteiger charge is 2.10. The maximum atomic E-state index is 13.0. The van der Waals surface area contributed by atoms with E-state index in [4.69, 9.17) is 12.2 Å². The molecule has 1 aromatic carbocycles. The van der Waals surface area contributed by atoms with Crippen LogP contribution in [0.2, 0.25) is 0 Å². The van der Waals surface area contributed by atoms with Gasteiger partial charge < -0.3 is 0 Å². The van der Waals surface area contributed by atoms with E-state index in [0.717, 1.165) is 11.3 Å². The highest BCUT2D eigenvalue weighted by atomic mass is 32.1. The fraction of sp³-hybridized carbons (Fsp3) is 0. The quantitative estimate of drug-likeness (QED) is 0.729. The molecule has 0 saturated heterocycles. The van der Waals surface area contributed by atoms with Crippen LogP contribution in [0.4, 0.5) is 4.39 Å². The normalized spacial score (nSPS) is 10.6. The summed E-state index contributed by atoms with van der Waals surface area (Å²) in [6, 6.07) is 9.77. The van der Waals surface area contributed by atoms with Gasteiger partial charge in [-0.3, -0.25) is 14.6 Å². The third kappa shape index (κ3) is 2.17.